The van der Waals surface area contributed by atoms with Gasteiger partial charge in [0.2, 0.25) is 0 Å². The molecule has 0 amide bonds. The van der Waals surface area contributed by atoms with Gasteiger partial charge in [-0.25, -0.2) is 4.99 Å². The number of nitrogens with one attached hydrogen (secondary N) is 1. The van der Waals surface area contributed by atoms with Crippen molar-refractivity contribution in [1.29, 1.82) is 0 Å². The summed E-state index contributed by atoms with van der Waals surface area (Å²) in [5, 5.41) is 13.9. The standard InChI is InChI=1S/C17H20N4O3.HI/c1-3-10-18-17(20(2)13-16-5-4-11-24-16)19-12-14-6-8-15(9-7-14)21(22)23;/h3-9,11H,1,10,12-13H2,2H3,(H,18,19);1H. The van der Waals surface area contributed by atoms with E-state index in [1.807, 2.05) is 24.1 Å². The second-order valence-corrected chi connectivity index (χ2v) is 5.17. The molecule has 0 atom stereocenters. The third-order valence-corrected chi connectivity index (χ3v) is 3.30. The van der Waals surface area contributed by atoms with Gasteiger partial charge in [0.1, 0.15) is 5.76 Å². The molecule has 8 heteroatoms. The van der Waals surface area contributed by atoms with Crippen molar-refractivity contribution in [1.82, 2.24) is 10.2 Å². The second kappa shape index (κ2) is 10.5. The van der Waals surface area contributed by atoms with Crippen molar-refractivity contribution in [3.63, 3.8) is 0 Å². The van der Waals surface area contributed by atoms with Crippen molar-refractivity contribution in [3.05, 3.63) is 76.8 Å². The lowest BCUT2D eigenvalue weighted by Crippen LogP contribution is -2.38. The molecule has 0 aliphatic rings. The van der Waals surface area contributed by atoms with Crippen LogP contribution in [0.2, 0.25) is 0 Å². The molecule has 25 heavy (non-hydrogen) atoms. The lowest BCUT2D eigenvalue weighted by atomic mass is 10.2. The summed E-state index contributed by atoms with van der Waals surface area (Å²) in [6.07, 6.45) is 3.39. The molecule has 0 saturated heterocycles. The maximum atomic E-state index is 10.7. The highest BCUT2D eigenvalue weighted by atomic mass is 127. The fraction of sp³-hybridized carbons (Fsp3) is 0.235. The molecule has 0 saturated carbocycles. The van der Waals surface area contributed by atoms with Crippen LogP contribution < -0.4 is 5.32 Å². The number of halogens is 1. The summed E-state index contributed by atoms with van der Waals surface area (Å²) >= 11 is 0. The van der Waals surface area contributed by atoms with Gasteiger partial charge in [-0.1, -0.05) is 18.2 Å². The predicted molar refractivity (Wildman–Crippen MR) is 108 cm³/mol. The van der Waals surface area contributed by atoms with Crippen molar-refractivity contribution in [2.24, 2.45) is 4.99 Å². The first kappa shape index (κ1) is 20.7. The molecule has 1 aromatic carbocycles. The normalized spacial score (nSPS) is 10.7. The number of benzene rings is 1. The van der Waals surface area contributed by atoms with Gasteiger partial charge in [-0.15, -0.1) is 30.6 Å². The lowest BCUT2D eigenvalue weighted by molar-refractivity contribution is -0.384. The minimum atomic E-state index is -0.415. The van der Waals surface area contributed by atoms with Crippen molar-refractivity contribution in [2.75, 3.05) is 13.6 Å². The zero-order valence-electron chi connectivity index (χ0n) is 13.9. The van der Waals surface area contributed by atoms with Crippen LogP contribution in [0.15, 0.2) is 64.7 Å². The van der Waals surface area contributed by atoms with Crippen LogP contribution in [-0.4, -0.2) is 29.4 Å². The van der Waals surface area contributed by atoms with E-state index in [2.05, 4.69) is 16.9 Å². The maximum absolute atomic E-state index is 10.7. The molecule has 0 unspecified atom stereocenters. The SMILES string of the molecule is C=CCNC(=NCc1ccc([N+](=O)[O-])cc1)N(C)Cc1ccco1.I. The monoisotopic (exact) mass is 456 g/mol. The molecule has 1 N–H and O–H groups in total. The fourth-order valence-corrected chi connectivity index (χ4v) is 2.08. The van der Waals surface area contributed by atoms with Crippen molar-refractivity contribution in [3.8, 4) is 0 Å². The Hall–Kier alpha value is -2.36. The van der Waals surface area contributed by atoms with E-state index in [4.69, 9.17) is 4.42 Å². The Morgan fingerprint density at radius 1 is 1.40 bits per heavy atom. The largest absolute Gasteiger partial charge is 0.467 e. The van der Waals surface area contributed by atoms with Crippen LogP contribution >= 0.6 is 24.0 Å². The molecule has 1 heterocycles. The van der Waals surface area contributed by atoms with Crippen LogP contribution in [0.1, 0.15) is 11.3 Å². The molecule has 7 nitrogen and oxygen atoms in total. The van der Waals surface area contributed by atoms with Crippen LogP contribution in [-0.2, 0) is 13.1 Å². The Morgan fingerprint density at radius 2 is 2.12 bits per heavy atom. The molecule has 0 aliphatic heterocycles. The molecule has 1 aromatic heterocycles. The molecule has 2 aromatic rings. The van der Waals surface area contributed by atoms with E-state index >= 15 is 0 Å². The zero-order chi connectivity index (χ0) is 17.4. The van der Waals surface area contributed by atoms with Crippen LogP contribution in [0.3, 0.4) is 0 Å². The number of nitrogens with zero attached hydrogens (tertiary/aromatic N) is 3. The van der Waals surface area contributed by atoms with Gasteiger partial charge in [-0.2, -0.15) is 0 Å². The van der Waals surface area contributed by atoms with Gasteiger partial charge < -0.3 is 14.6 Å². The number of rotatable bonds is 7. The highest BCUT2D eigenvalue weighted by molar-refractivity contribution is 14.0. The van der Waals surface area contributed by atoms with Crippen LogP contribution in [0.25, 0.3) is 0 Å². The first-order valence-corrected chi connectivity index (χ1v) is 7.46. The molecule has 0 radical (unpaired) electrons. The molecule has 0 spiro atoms. The van der Waals surface area contributed by atoms with Gasteiger partial charge in [0.15, 0.2) is 5.96 Å². The second-order valence-electron chi connectivity index (χ2n) is 5.17. The summed E-state index contributed by atoms with van der Waals surface area (Å²) in [5.41, 5.74) is 0.965. The van der Waals surface area contributed by atoms with Crippen molar-refractivity contribution < 1.29 is 9.34 Å². The molecular weight excluding hydrogens is 435 g/mol. The summed E-state index contributed by atoms with van der Waals surface area (Å²) in [7, 11) is 1.91. The summed E-state index contributed by atoms with van der Waals surface area (Å²) in [5.74, 6) is 1.53. The van der Waals surface area contributed by atoms with Gasteiger partial charge in [-0.3, -0.25) is 10.1 Å². The minimum absolute atomic E-state index is 0. The molecule has 0 fully saturated rings. The van der Waals surface area contributed by atoms with E-state index in [0.29, 0.717) is 25.6 Å². The van der Waals surface area contributed by atoms with Crippen molar-refractivity contribution >= 4 is 35.6 Å². The van der Waals surface area contributed by atoms with E-state index in [1.54, 1.807) is 24.5 Å². The summed E-state index contributed by atoms with van der Waals surface area (Å²) in [4.78, 5) is 16.8. The number of nitro groups is 1. The Balaban J connectivity index is 0.00000312. The maximum Gasteiger partial charge on any atom is 0.269 e. The number of nitro benzene ring substituents is 1. The zero-order valence-corrected chi connectivity index (χ0v) is 16.3. The Labute approximate surface area is 163 Å². The Bertz CT molecular complexity index is 699. The van der Waals surface area contributed by atoms with E-state index in [0.717, 1.165) is 11.3 Å². The fourth-order valence-electron chi connectivity index (χ4n) is 2.08. The summed E-state index contributed by atoms with van der Waals surface area (Å²) < 4.78 is 5.35. The topological polar surface area (TPSA) is 83.9 Å². The highest BCUT2D eigenvalue weighted by Crippen LogP contribution is 2.12. The smallest absolute Gasteiger partial charge is 0.269 e. The molecule has 2 rings (SSSR count). The third kappa shape index (κ3) is 6.57. The van der Waals surface area contributed by atoms with Gasteiger partial charge in [0.25, 0.3) is 5.69 Å². The number of hydrogen-bond donors (Lipinski definition) is 1. The van der Waals surface area contributed by atoms with E-state index in [9.17, 15) is 10.1 Å². The quantitative estimate of drug-likeness (QED) is 0.172. The predicted octanol–water partition coefficient (Wildman–Crippen LogP) is 3.57. The molecule has 0 bridgehead atoms. The Kier molecular flexibility index (Phi) is 8.68. The van der Waals surface area contributed by atoms with Crippen LogP contribution in [0.5, 0.6) is 0 Å². The molecule has 0 aliphatic carbocycles. The van der Waals surface area contributed by atoms with Gasteiger partial charge in [0, 0.05) is 25.7 Å². The summed E-state index contributed by atoms with van der Waals surface area (Å²) in [6, 6.07) is 10.1. The van der Waals surface area contributed by atoms with Crippen molar-refractivity contribution in [2.45, 2.75) is 13.1 Å². The van der Waals surface area contributed by atoms with Gasteiger partial charge in [-0.05, 0) is 17.7 Å². The lowest BCUT2D eigenvalue weighted by Gasteiger charge is -2.21. The average molecular weight is 456 g/mol. The van der Waals surface area contributed by atoms with E-state index in [-0.39, 0.29) is 29.7 Å². The van der Waals surface area contributed by atoms with Gasteiger partial charge >= 0.3 is 0 Å². The number of aliphatic imine (C=N–C) groups is 1. The minimum Gasteiger partial charge on any atom is -0.467 e. The van der Waals surface area contributed by atoms with E-state index < -0.39 is 4.92 Å². The average Bonchev–Trinajstić information content (AvgIpc) is 3.08. The number of furan rings is 1. The van der Waals surface area contributed by atoms with E-state index in [1.165, 1.54) is 12.1 Å². The molecule has 134 valence electrons. The summed E-state index contributed by atoms with van der Waals surface area (Å²) in [6.45, 7) is 5.27. The van der Waals surface area contributed by atoms with Gasteiger partial charge in [0.05, 0.1) is 24.3 Å². The number of hydrogen-bond acceptors (Lipinski definition) is 4. The third-order valence-electron chi connectivity index (χ3n) is 3.30. The van der Waals surface area contributed by atoms with Crippen LogP contribution in [0.4, 0.5) is 5.69 Å². The highest BCUT2D eigenvalue weighted by Gasteiger charge is 2.09. The number of non-ortho nitro benzene ring substituents is 1. The first-order chi connectivity index (χ1) is 11.6. The molecular formula is C17H21IN4O3. The first-order valence-electron chi connectivity index (χ1n) is 7.46. The Morgan fingerprint density at radius 3 is 2.68 bits per heavy atom. The number of guanidine groups is 1. The van der Waals surface area contributed by atoms with Crippen LogP contribution in [0, 0.1) is 10.1 Å².